The Morgan fingerprint density at radius 2 is 1.89 bits per heavy atom. The predicted molar refractivity (Wildman–Crippen MR) is 78.1 cm³/mol. The minimum Gasteiger partial charge on any atom is -0.333 e. The molecule has 1 heterocycles. The fraction of sp³-hybridized carbons (Fsp3) is 0.562. The molecule has 104 valence electrons. The van der Waals surface area contributed by atoms with Gasteiger partial charge in [-0.3, -0.25) is 4.79 Å². The van der Waals surface area contributed by atoms with Gasteiger partial charge in [0.1, 0.15) is 0 Å². The van der Waals surface area contributed by atoms with E-state index in [0.717, 1.165) is 30.4 Å². The van der Waals surface area contributed by atoms with Crippen LogP contribution in [-0.4, -0.2) is 29.4 Å². The van der Waals surface area contributed by atoms with E-state index in [1.165, 1.54) is 6.42 Å². The molecule has 3 nitrogen and oxygen atoms in total. The van der Waals surface area contributed by atoms with Crippen LogP contribution in [0, 0.1) is 0 Å². The molecular formula is C16H24N2O. The van der Waals surface area contributed by atoms with E-state index in [0.29, 0.717) is 18.6 Å². The van der Waals surface area contributed by atoms with E-state index in [4.69, 9.17) is 5.73 Å². The molecule has 0 aliphatic carbocycles. The van der Waals surface area contributed by atoms with Crippen LogP contribution in [0.5, 0.6) is 0 Å². The topological polar surface area (TPSA) is 46.3 Å². The molecule has 2 N–H and O–H groups in total. The molecular weight excluding hydrogens is 236 g/mol. The number of hydrogen-bond donors (Lipinski definition) is 1. The summed E-state index contributed by atoms with van der Waals surface area (Å²) in [6.45, 7) is 4.88. The SMILES string of the molecule is CC1CCCC(C)N1C(=O)c1ccccc1CCN. The molecule has 2 atom stereocenters. The van der Waals surface area contributed by atoms with Gasteiger partial charge in [0.15, 0.2) is 0 Å². The number of nitrogens with two attached hydrogens (primary N) is 1. The minimum atomic E-state index is 0.170. The number of carbonyl (C=O) groups excluding carboxylic acids is 1. The first-order valence-electron chi connectivity index (χ1n) is 7.25. The van der Waals surface area contributed by atoms with Crippen LogP contribution in [0.25, 0.3) is 0 Å². The van der Waals surface area contributed by atoms with Crippen molar-refractivity contribution in [2.45, 2.75) is 51.6 Å². The summed E-state index contributed by atoms with van der Waals surface area (Å²) in [5.41, 5.74) is 7.53. The molecule has 1 aliphatic rings. The molecule has 1 saturated heterocycles. The normalized spacial score (nSPS) is 23.4. The van der Waals surface area contributed by atoms with Gasteiger partial charge in [0.2, 0.25) is 0 Å². The monoisotopic (exact) mass is 260 g/mol. The number of carbonyl (C=O) groups is 1. The maximum atomic E-state index is 12.8. The molecule has 2 rings (SSSR count). The highest BCUT2D eigenvalue weighted by Crippen LogP contribution is 2.25. The van der Waals surface area contributed by atoms with E-state index in [-0.39, 0.29) is 5.91 Å². The number of piperidine rings is 1. The molecule has 1 fully saturated rings. The zero-order valence-corrected chi connectivity index (χ0v) is 11.9. The minimum absolute atomic E-state index is 0.170. The second-order valence-electron chi connectivity index (χ2n) is 5.54. The summed E-state index contributed by atoms with van der Waals surface area (Å²) in [5.74, 6) is 0.170. The van der Waals surface area contributed by atoms with Crippen LogP contribution in [-0.2, 0) is 6.42 Å². The Morgan fingerprint density at radius 1 is 1.26 bits per heavy atom. The number of hydrogen-bond acceptors (Lipinski definition) is 2. The summed E-state index contributed by atoms with van der Waals surface area (Å²) in [6.07, 6.45) is 4.19. The highest BCUT2D eigenvalue weighted by Gasteiger charge is 2.30. The molecule has 1 amide bonds. The van der Waals surface area contributed by atoms with Gasteiger partial charge in [0.25, 0.3) is 5.91 Å². The van der Waals surface area contributed by atoms with Crippen LogP contribution in [0.1, 0.15) is 49.0 Å². The molecule has 2 unspecified atom stereocenters. The smallest absolute Gasteiger partial charge is 0.254 e. The van der Waals surface area contributed by atoms with Crippen molar-refractivity contribution in [1.82, 2.24) is 4.90 Å². The lowest BCUT2D eigenvalue weighted by molar-refractivity contribution is 0.0509. The molecule has 0 radical (unpaired) electrons. The number of nitrogens with zero attached hydrogens (tertiary/aromatic N) is 1. The van der Waals surface area contributed by atoms with E-state index in [2.05, 4.69) is 18.7 Å². The van der Waals surface area contributed by atoms with Gasteiger partial charge in [-0.1, -0.05) is 18.2 Å². The zero-order chi connectivity index (χ0) is 13.8. The van der Waals surface area contributed by atoms with Gasteiger partial charge in [-0.05, 0) is 57.7 Å². The third kappa shape index (κ3) is 2.98. The number of rotatable bonds is 3. The van der Waals surface area contributed by atoms with Gasteiger partial charge in [-0.25, -0.2) is 0 Å². The average molecular weight is 260 g/mol. The van der Waals surface area contributed by atoms with Gasteiger partial charge in [0.05, 0.1) is 0 Å². The van der Waals surface area contributed by atoms with Crippen molar-refractivity contribution in [3.63, 3.8) is 0 Å². The Hall–Kier alpha value is -1.35. The van der Waals surface area contributed by atoms with Crippen LogP contribution >= 0.6 is 0 Å². The predicted octanol–water partition coefficient (Wildman–Crippen LogP) is 2.59. The number of benzene rings is 1. The lowest BCUT2D eigenvalue weighted by atomic mass is 9.95. The van der Waals surface area contributed by atoms with Crippen LogP contribution in [0.2, 0.25) is 0 Å². The molecule has 3 heteroatoms. The Labute approximate surface area is 115 Å². The lowest BCUT2D eigenvalue weighted by Crippen LogP contribution is -2.47. The standard InChI is InChI=1S/C16H24N2O/c1-12-6-5-7-13(2)18(12)16(19)15-9-4-3-8-14(15)10-11-17/h3-4,8-9,12-13H,5-7,10-11,17H2,1-2H3. The summed E-state index contributed by atoms with van der Waals surface area (Å²) >= 11 is 0. The fourth-order valence-corrected chi connectivity index (χ4v) is 3.06. The van der Waals surface area contributed by atoms with Gasteiger partial charge >= 0.3 is 0 Å². The average Bonchev–Trinajstić information content (AvgIpc) is 2.39. The molecule has 1 aromatic rings. The molecule has 1 aliphatic heterocycles. The van der Waals surface area contributed by atoms with Crippen LogP contribution in [0.3, 0.4) is 0 Å². The second-order valence-corrected chi connectivity index (χ2v) is 5.54. The summed E-state index contributed by atoms with van der Waals surface area (Å²) in [4.78, 5) is 14.9. The van der Waals surface area contributed by atoms with Gasteiger partial charge in [-0.15, -0.1) is 0 Å². The van der Waals surface area contributed by atoms with E-state index in [1.54, 1.807) is 0 Å². The van der Waals surface area contributed by atoms with E-state index >= 15 is 0 Å². The Balaban J connectivity index is 2.27. The molecule has 0 saturated carbocycles. The maximum absolute atomic E-state index is 12.8. The molecule has 0 bridgehead atoms. The molecule has 19 heavy (non-hydrogen) atoms. The van der Waals surface area contributed by atoms with E-state index in [1.807, 2.05) is 24.3 Å². The molecule has 1 aromatic carbocycles. The third-order valence-corrected chi connectivity index (χ3v) is 4.09. The Morgan fingerprint density at radius 3 is 2.53 bits per heavy atom. The van der Waals surface area contributed by atoms with Gasteiger partial charge in [0, 0.05) is 17.6 Å². The van der Waals surface area contributed by atoms with E-state index < -0.39 is 0 Å². The number of likely N-dealkylation sites (tertiary alicyclic amines) is 1. The van der Waals surface area contributed by atoms with Gasteiger partial charge in [-0.2, -0.15) is 0 Å². The number of amides is 1. The van der Waals surface area contributed by atoms with Crippen molar-refractivity contribution in [3.05, 3.63) is 35.4 Å². The van der Waals surface area contributed by atoms with Crippen LogP contribution in [0.15, 0.2) is 24.3 Å². The van der Waals surface area contributed by atoms with Crippen molar-refractivity contribution in [2.24, 2.45) is 5.73 Å². The van der Waals surface area contributed by atoms with Crippen LogP contribution in [0.4, 0.5) is 0 Å². The zero-order valence-electron chi connectivity index (χ0n) is 11.9. The summed E-state index contributed by atoms with van der Waals surface area (Å²) in [5, 5.41) is 0. The van der Waals surface area contributed by atoms with Crippen LogP contribution < -0.4 is 5.73 Å². The van der Waals surface area contributed by atoms with E-state index in [9.17, 15) is 4.79 Å². The first kappa shape index (κ1) is 14.1. The summed E-state index contributed by atoms with van der Waals surface area (Å²) in [6, 6.07) is 8.53. The quantitative estimate of drug-likeness (QED) is 0.908. The van der Waals surface area contributed by atoms with Crippen molar-refractivity contribution >= 4 is 5.91 Å². The third-order valence-electron chi connectivity index (χ3n) is 4.09. The van der Waals surface area contributed by atoms with Crippen molar-refractivity contribution in [2.75, 3.05) is 6.54 Å². The maximum Gasteiger partial charge on any atom is 0.254 e. The molecule has 0 spiro atoms. The summed E-state index contributed by atoms with van der Waals surface area (Å²) < 4.78 is 0. The summed E-state index contributed by atoms with van der Waals surface area (Å²) in [7, 11) is 0. The van der Waals surface area contributed by atoms with Gasteiger partial charge < -0.3 is 10.6 Å². The highest BCUT2D eigenvalue weighted by molar-refractivity contribution is 5.96. The van der Waals surface area contributed by atoms with Crippen molar-refractivity contribution in [3.8, 4) is 0 Å². The highest BCUT2D eigenvalue weighted by atomic mass is 16.2. The first-order valence-corrected chi connectivity index (χ1v) is 7.25. The van der Waals surface area contributed by atoms with Crippen molar-refractivity contribution in [1.29, 1.82) is 0 Å². The first-order chi connectivity index (χ1) is 9.15. The Bertz CT molecular complexity index is 434. The Kier molecular flexibility index (Phi) is 4.59. The largest absolute Gasteiger partial charge is 0.333 e. The second kappa shape index (κ2) is 6.20. The molecule has 0 aromatic heterocycles. The van der Waals surface area contributed by atoms with Crippen molar-refractivity contribution < 1.29 is 4.79 Å². The fourth-order valence-electron chi connectivity index (χ4n) is 3.06. The lowest BCUT2D eigenvalue weighted by Gasteiger charge is -2.39.